The smallest absolute Gasteiger partial charge is 0.200 e. The predicted octanol–water partition coefficient (Wildman–Crippen LogP) is 1.78. The van der Waals surface area contributed by atoms with Gasteiger partial charge in [-0.3, -0.25) is 0 Å². The summed E-state index contributed by atoms with van der Waals surface area (Å²) in [5, 5.41) is 3.56. The number of nitrogens with zero attached hydrogens (tertiary/aromatic N) is 3. The van der Waals surface area contributed by atoms with Gasteiger partial charge in [-0.1, -0.05) is 5.16 Å². The molecule has 0 atom stereocenters. The van der Waals surface area contributed by atoms with Gasteiger partial charge in [0.05, 0.1) is 11.8 Å². The van der Waals surface area contributed by atoms with Crippen LogP contribution in [0.5, 0.6) is 0 Å². The number of hydrogen-bond donors (Lipinski definition) is 0. The molecule has 15 heavy (non-hydrogen) atoms. The van der Waals surface area contributed by atoms with Gasteiger partial charge in [-0.25, -0.2) is 9.97 Å². The molecule has 6 nitrogen and oxygen atoms in total. The Bertz CT molecular complexity index is 490. The molecule has 1 radical (unpaired) electrons. The van der Waals surface area contributed by atoms with E-state index in [0.29, 0.717) is 22.8 Å². The molecule has 0 saturated heterocycles. The quantitative estimate of drug-likeness (QED) is 0.630. The van der Waals surface area contributed by atoms with E-state index in [1.807, 2.05) is 0 Å². The van der Waals surface area contributed by atoms with Crippen molar-refractivity contribution in [2.75, 3.05) is 0 Å². The highest BCUT2D eigenvalue weighted by Crippen LogP contribution is 2.29. The molecule has 3 aromatic heterocycles. The highest BCUT2D eigenvalue weighted by Gasteiger charge is 2.17. The maximum absolute atomic E-state index is 5.12. The molecule has 3 aromatic rings. The van der Waals surface area contributed by atoms with Gasteiger partial charge >= 0.3 is 0 Å². The summed E-state index contributed by atoms with van der Waals surface area (Å²) in [4.78, 5) is 7.75. The lowest BCUT2D eigenvalue weighted by molar-refractivity contribution is 0.429. The second-order valence-electron chi connectivity index (χ2n) is 2.74. The van der Waals surface area contributed by atoms with Gasteiger partial charge in [0.1, 0.15) is 18.2 Å². The van der Waals surface area contributed by atoms with Crippen LogP contribution in [0.3, 0.4) is 0 Å². The van der Waals surface area contributed by atoms with Gasteiger partial charge in [0.15, 0.2) is 24.3 Å². The molecule has 6 heteroatoms. The Morgan fingerprint density at radius 3 is 3.00 bits per heavy atom. The molecule has 0 aliphatic carbocycles. The monoisotopic (exact) mass is 202 g/mol. The first-order chi connectivity index (χ1) is 7.45. The highest BCUT2D eigenvalue weighted by atomic mass is 16.5. The summed E-state index contributed by atoms with van der Waals surface area (Å²) in [6.45, 7) is 0. The van der Waals surface area contributed by atoms with E-state index in [0.717, 1.165) is 0 Å². The molecule has 0 aromatic carbocycles. The van der Waals surface area contributed by atoms with Crippen LogP contribution in [0.1, 0.15) is 0 Å². The van der Waals surface area contributed by atoms with Crippen molar-refractivity contribution < 1.29 is 13.4 Å². The molecule has 0 amide bonds. The van der Waals surface area contributed by atoms with Crippen LogP contribution in [-0.4, -0.2) is 15.1 Å². The van der Waals surface area contributed by atoms with Crippen LogP contribution in [0, 0.1) is 6.20 Å². The lowest BCUT2D eigenvalue weighted by atomic mass is 10.2. The van der Waals surface area contributed by atoms with Gasteiger partial charge in [-0.15, -0.1) is 0 Å². The number of hydrogen-bond acceptors (Lipinski definition) is 6. The molecule has 0 N–H and O–H groups in total. The van der Waals surface area contributed by atoms with Gasteiger partial charge in [-0.2, -0.15) is 0 Å². The topological polar surface area (TPSA) is 78.1 Å². The SMILES string of the molecule is [c]1noc(-c2cocn2)c1-c1cnco1. The fourth-order valence-corrected chi connectivity index (χ4v) is 1.22. The van der Waals surface area contributed by atoms with E-state index >= 15 is 0 Å². The number of rotatable bonds is 2. The van der Waals surface area contributed by atoms with E-state index in [2.05, 4.69) is 21.3 Å². The van der Waals surface area contributed by atoms with Crippen LogP contribution in [0.4, 0.5) is 0 Å². The first-order valence-corrected chi connectivity index (χ1v) is 4.10. The number of oxazole rings is 2. The third-order valence-electron chi connectivity index (χ3n) is 1.87. The van der Waals surface area contributed by atoms with Crippen molar-refractivity contribution in [1.29, 1.82) is 0 Å². The maximum atomic E-state index is 5.12. The molecule has 73 valence electrons. The second kappa shape index (κ2) is 3.09. The van der Waals surface area contributed by atoms with Crippen molar-refractivity contribution in [1.82, 2.24) is 15.1 Å². The average molecular weight is 202 g/mol. The van der Waals surface area contributed by atoms with E-state index in [4.69, 9.17) is 13.4 Å². The van der Waals surface area contributed by atoms with Gasteiger partial charge in [0.2, 0.25) is 0 Å². The molecule has 0 bridgehead atoms. The Hall–Kier alpha value is -2.37. The van der Waals surface area contributed by atoms with Crippen LogP contribution in [0.2, 0.25) is 0 Å². The van der Waals surface area contributed by atoms with Crippen LogP contribution in [0.15, 0.2) is 38.6 Å². The Balaban J connectivity index is 2.15. The molecular formula is C9H4N3O3. The summed E-state index contributed by atoms with van der Waals surface area (Å²) in [5.41, 5.74) is 1.11. The minimum Gasteiger partial charge on any atom is -0.451 e. The lowest BCUT2D eigenvalue weighted by Gasteiger charge is -1.90. The molecule has 3 rings (SSSR count). The van der Waals surface area contributed by atoms with Crippen LogP contribution in [-0.2, 0) is 0 Å². The van der Waals surface area contributed by atoms with E-state index in [9.17, 15) is 0 Å². The van der Waals surface area contributed by atoms with Crippen LogP contribution < -0.4 is 0 Å². The highest BCUT2D eigenvalue weighted by molar-refractivity contribution is 5.72. The zero-order valence-corrected chi connectivity index (χ0v) is 7.38. The minimum atomic E-state index is 0.445. The van der Waals surface area contributed by atoms with Crippen molar-refractivity contribution in [2.24, 2.45) is 0 Å². The molecule has 0 saturated carbocycles. The van der Waals surface area contributed by atoms with E-state index in [1.54, 1.807) is 6.20 Å². The predicted molar refractivity (Wildman–Crippen MR) is 46.3 cm³/mol. The first-order valence-electron chi connectivity index (χ1n) is 4.10. The van der Waals surface area contributed by atoms with E-state index in [1.165, 1.54) is 19.1 Å². The van der Waals surface area contributed by atoms with Crippen molar-refractivity contribution >= 4 is 0 Å². The van der Waals surface area contributed by atoms with Crippen molar-refractivity contribution in [3.8, 4) is 22.8 Å². The lowest BCUT2D eigenvalue weighted by Crippen LogP contribution is -1.77. The summed E-state index contributed by atoms with van der Waals surface area (Å²) in [6, 6.07) is 0. The standard InChI is InChI=1S/C9H4N3O3/c1-6(8-2-10-4-14-8)9(15-12-1)7-3-13-5-11-7/h2-5H. The summed E-state index contributed by atoms with van der Waals surface area (Å²) < 4.78 is 15.0. The largest absolute Gasteiger partial charge is 0.451 e. The average Bonchev–Trinajstić information content (AvgIpc) is 3.01. The van der Waals surface area contributed by atoms with E-state index in [-0.39, 0.29) is 0 Å². The van der Waals surface area contributed by atoms with Gasteiger partial charge in [-0.05, 0) is 0 Å². The zero-order chi connectivity index (χ0) is 10.1. The van der Waals surface area contributed by atoms with Crippen LogP contribution in [0.25, 0.3) is 22.8 Å². The molecule has 0 unspecified atom stereocenters. The summed E-state index contributed by atoms with van der Waals surface area (Å²) in [6.07, 6.45) is 8.29. The first kappa shape index (κ1) is 7.98. The molecule has 0 aliphatic rings. The molecule has 0 fully saturated rings. The third kappa shape index (κ3) is 1.23. The van der Waals surface area contributed by atoms with Crippen molar-refractivity contribution in [3.63, 3.8) is 0 Å². The Morgan fingerprint density at radius 1 is 1.27 bits per heavy atom. The van der Waals surface area contributed by atoms with Gasteiger partial charge in [0, 0.05) is 0 Å². The Labute approximate surface area is 83.5 Å². The molecular weight excluding hydrogens is 198 g/mol. The summed E-state index contributed by atoms with van der Waals surface area (Å²) >= 11 is 0. The third-order valence-corrected chi connectivity index (χ3v) is 1.87. The van der Waals surface area contributed by atoms with Gasteiger partial charge in [0.25, 0.3) is 0 Å². The fraction of sp³-hybridized carbons (Fsp3) is 0. The number of aromatic nitrogens is 3. The Kier molecular flexibility index (Phi) is 1.64. The molecule has 0 spiro atoms. The van der Waals surface area contributed by atoms with Crippen molar-refractivity contribution in [3.05, 3.63) is 31.4 Å². The zero-order valence-electron chi connectivity index (χ0n) is 7.38. The Morgan fingerprint density at radius 2 is 2.27 bits per heavy atom. The fourth-order valence-electron chi connectivity index (χ4n) is 1.22. The maximum Gasteiger partial charge on any atom is 0.200 e. The second-order valence-corrected chi connectivity index (χ2v) is 2.74. The molecule has 3 heterocycles. The summed E-state index contributed by atoms with van der Waals surface area (Å²) in [5.74, 6) is 0.967. The van der Waals surface area contributed by atoms with Crippen LogP contribution >= 0.6 is 0 Å². The van der Waals surface area contributed by atoms with Crippen molar-refractivity contribution in [2.45, 2.75) is 0 Å². The molecule has 0 aliphatic heterocycles. The van der Waals surface area contributed by atoms with Gasteiger partial charge < -0.3 is 13.4 Å². The van der Waals surface area contributed by atoms with E-state index < -0.39 is 0 Å². The normalized spacial score (nSPS) is 10.7. The summed E-state index contributed by atoms with van der Waals surface area (Å²) in [7, 11) is 0. The minimum absolute atomic E-state index is 0.445.